The number of para-hydroxylation sites is 1. The third-order valence-electron chi connectivity index (χ3n) is 3.99. The van der Waals surface area contributed by atoms with Gasteiger partial charge in [0.1, 0.15) is 0 Å². The molecule has 0 spiro atoms. The molecule has 3 heteroatoms. The highest BCUT2D eigenvalue weighted by molar-refractivity contribution is 5.81. The predicted octanol–water partition coefficient (Wildman–Crippen LogP) is 3.16. The van der Waals surface area contributed by atoms with Crippen molar-refractivity contribution in [2.45, 2.75) is 32.7 Å². The maximum atomic E-state index is 10.9. The van der Waals surface area contributed by atoms with Gasteiger partial charge in [-0.05, 0) is 42.7 Å². The Morgan fingerprint density at radius 1 is 1.37 bits per heavy atom. The Hall–Kier alpha value is -1.77. The van der Waals surface area contributed by atoms with E-state index in [1.807, 2.05) is 0 Å². The van der Waals surface area contributed by atoms with Crippen molar-refractivity contribution in [1.29, 1.82) is 0 Å². The van der Waals surface area contributed by atoms with E-state index in [0.717, 1.165) is 25.8 Å². The van der Waals surface area contributed by atoms with Crippen molar-refractivity contribution < 1.29 is 9.53 Å². The van der Waals surface area contributed by atoms with Gasteiger partial charge in [0, 0.05) is 24.7 Å². The molecule has 0 amide bonds. The van der Waals surface area contributed by atoms with Gasteiger partial charge < -0.3 is 9.30 Å². The average molecular weight is 257 g/mol. The zero-order valence-corrected chi connectivity index (χ0v) is 11.3. The first-order valence-corrected chi connectivity index (χ1v) is 6.94. The van der Waals surface area contributed by atoms with Crippen LogP contribution in [0.15, 0.2) is 30.3 Å². The molecule has 3 nitrogen and oxygen atoms in total. The van der Waals surface area contributed by atoms with Crippen LogP contribution in [0.1, 0.15) is 25.5 Å². The molecule has 0 aliphatic carbocycles. The van der Waals surface area contributed by atoms with Gasteiger partial charge in [-0.3, -0.25) is 4.79 Å². The molecule has 1 aliphatic heterocycles. The normalized spacial score (nSPS) is 18.9. The van der Waals surface area contributed by atoms with Gasteiger partial charge in [0.25, 0.3) is 0 Å². The fraction of sp³-hybridized carbons (Fsp3) is 0.438. The van der Waals surface area contributed by atoms with E-state index in [0.29, 0.717) is 12.5 Å². The fourth-order valence-corrected chi connectivity index (χ4v) is 2.95. The van der Waals surface area contributed by atoms with Crippen molar-refractivity contribution in [3.05, 3.63) is 36.0 Å². The number of ether oxygens (including phenoxy) is 1. The molecule has 0 radical (unpaired) electrons. The van der Waals surface area contributed by atoms with Gasteiger partial charge >= 0.3 is 5.97 Å². The van der Waals surface area contributed by atoms with E-state index in [9.17, 15) is 4.79 Å². The largest absolute Gasteiger partial charge is 0.466 e. The summed E-state index contributed by atoms with van der Waals surface area (Å²) in [5, 5.41) is 1.33. The summed E-state index contributed by atoms with van der Waals surface area (Å²) in [6.07, 6.45) is 3.25. The Labute approximate surface area is 113 Å². The summed E-state index contributed by atoms with van der Waals surface area (Å²) in [5.41, 5.74) is 2.73. The van der Waals surface area contributed by atoms with Gasteiger partial charge in [-0.15, -0.1) is 0 Å². The second-order valence-electron chi connectivity index (χ2n) is 5.34. The molecule has 0 fully saturated rings. The number of hydrogen-bond acceptors (Lipinski definition) is 2. The third kappa shape index (κ3) is 2.50. The lowest BCUT2D eigenvalue weighted by Gasteiger charge is -2.13. The van der Waals surface area contributed by atoms with Crippen molar-refractivity contribution in [2.75, 3.05) is 6.61 Å². The van der Waals surface area contributed by atoms with E-state index in [1.165, 1.54) is 23.5 Å². The van der Waals surface area contributed by atoms with Gasteiger partial charge in [-0.2, -0.15) is 0 Å². The van der Waals surface area contributed by atoms with Crippen LogP contribution in [0.5, 0.6) is 0 Å². The molecule has 0 bridgehead atoms. The molecular formula is C16H19NO2. The Morgan fingerprint density at radius 2 is 2.21 bits per heavy atom. The van der Waals surface area contributed by atoms with Gasteiger partial charge in [0.2, 0.25) is 0 Å². The summed E-state index contributed by atoms with van der Waals surface area (Å²) in [6, 6.07) is 10.8. The molecule has 0 saturated heterocycles. The number of benzene rings is 1. The molecule has 1 atom stereocenters. The number of nitrogens with zero attached hydrogens (tertiary/aromatic N) is 1. The lowest BCUT2D eigenvalue weighted by molar-refractivity contribution is -0.142. The summed E-state index contributed by atoms with van der Waals surface area (Å²) in [4.78, 5) is 10.9. The van der Waals surface area contributed by atoms with E-state index in [1.54, 1.807) is 0 Å². The lowest BCUT2D eigenvalue weighted by atomic mass is 10.0. The van der Waals surface area contributed by atoms with Crippen LogP contribution in [-0.2, 0) is 22.5 Å². The number of aryl methyl sites for hydroxylation is 2. The number of esters is 1. The minimum Gasteiger partial charge on any atom is -0.466 e. The number of aromatic nitrogens is 1. The van der Waals surface area contributed by atoms with E-state index in [4.69, 9.17) is 4.74 Å². The zero-order chi connectivity index (χ0) is 13.2. The molecular weight excluding hydrogens is 238 g/mol. The van der Waals surface area contributed by atoms with Gasteiger partial charge in [-0.1, -0.05) is 18.2 Å². The predicted molar refractivity (Wildman–Crippen MR) is 75.0 cm³/mol. The van der Waals surface area contributed by atoms with E-state index in [-0.39, 0.29) is 5.97 Å². The fourth-order valence-electron chi connectivity index (χ4n) is 2.95. The van der Waals surface area contributed by atoms with Gasteiger partial charge in [-0.25, -0.2) is 0 Å². The highest BCUT2D eigenvalue weighted by Crippen LogP contribution is 2.27. The van der Waals surface area contributed by atoms with Crippen LogP contribution in [-0.4, -0.2) is 17.1 Å². The molecule has 1 unspecified atom stereocenters. The van der Waals surface area contributed by atoms with Crippen LogP contribution in [0, 0.1) is 5.92 Å². The molecule has 0 saturated carbocycles. The average Bonchev–Trinajstić information content (AvgIpc) is 2.63. The summed E-state index contributed by atoms with van der Waals surface area (Å²) in [5.74, 6) is 0.317. The van der Waals surface area contributed by atoms with Crippen LogP contribution < -0.4 is 0 Å². The second kappa shape index (κ2) is 5.08. The number of carbonyl (C=O) groups excluding carboxylic acids is 1. The Kier molecular flexibility index (Phi) is 3.28. The Balaban J connectivity index is 1.77. The van der Waals surface area contributed by atoms with Crippen LogP contribution in [0.3, 0.4) is 0 Å². The molecule has 0 N–H and O–H groups in total. The monoisotopic (exact) mass is 257 g/mol. The van der Waals surface area contributed by atoms with Crippen LogP contribution in [0.2, 0.25) is 0 Å². The van der Waals surface area contributed by atoms with Crippen molar-refractivity contribution in [3.8, 4) is 0 Å². The first-order chi connectivity index (χ1) is 9.24. The molecule has 19 heavy (non-hydrogen) atoms. The first-order valence-electron chi connectivity index (χ1n) is 6.94. The molecule has 100 valence electrons. The zero-order valence-electron chi connectivity index (χ0n) is 11.3. The molecule has 2 heterocycles. The number of rotatable bonds is 2. The summed E-state index contributed by atoms with van der Waals surface area (Å²) >= 11 is 0. The van der Waals surface area contributed by atoms with Crippen molar-refractivity contribution in [1.82, 2.24) is 4.57 Å². The number of hydrogen-bond donors (Lipinski definition) is 0. The number of carbonyl (C=O) groups is 1. The highest BCUT2D eigenvalue weighted by Gasteiger charge is 2.18. The maximum Gasteiger partial charge on any atom is 0.302 e. The molecule has 3 rings (SSSR count). The lowest BCUT2D eigenvalue weighted by Crippen LogP contribution is -2.13. The third-order valence-corrected chi connectivity index (χ3v) is 3.99. The minimum atomic E-state index is -0.172. The van der Waals surface area contributed by atoms with Crippen LogP contribution in [0.4, 0.5) is 0 Å². The van der Waals surface area contributed by atoms with Crippen molar-refractivity contribution in [3.63, 3.8) is 0 Å². The summed E-state index contributed by atoms with van der Waals surface area (Å²) in [7, 11) is 0. The quantitative estimate of drug-likeness (QED) is 0.774. The minimum absolute atomic E-state index is 0.172. The smallest absolute Gasteiger partial charge is 0.302 e. The van der Waals surface area contributed by atoms with Crippen molar-refractivity contribution in [2.24, 2.45) is 5.92 Å². The Morgan fingerprint density at radius 3 is 3.05 bits per heavy atom. The molecule has 1 aromatic carbocycles. The standard InChI is InChI=1S/C16H19NO2/c1-12(18)19-11-13-6-7-15-10-14-4-2-3-5-16(14)17(15)9-8-13/h2-5,10,13H,6-9,11H2,1H3. The molecule has 1 aromatic heterocycles. The van der Waals surface area contributed by atoms with E-state index >= 15 is 0 Å². The van der Waals surface area contributed by atoms with Crippen LogP contribution >= 0.6 is 0 Å². The van der Waals surface area contributed by atoms with Gasteiger partial charge in [0.05, 0.1) is 6.61 Å². The first kappa shape index (κ1) is 12.3. The topological polar surface area (TPSA) is 31.2 Å². The highest BCUT2D eigenvalue weighted by atomic mass is 16.5. The summed E-state index contributed by atoms with van der Waals surface area (Å²) in [6.45, 7) is 3.07. The van der Waals surface area contributed by atoms with Crippen LogP contribution in [0.25, 0.3) is 10.9 Å². The van der Waals surface area contributed by atoms with Crippen molar-refractivity contribution >= 4 is 16.9 Å². The number of fused-ring (bicyclic) bond motifs is 3. The molecule has 1 aliphatic rings. The summed E-state index contributed by atoms with van der Waals surface area (Å²) < 4.78 is 7.57. The maximum absolute atomic E-state index is 10.9. The van der Waals surface area contributed by atoms with E-state index in [2.05, 4.69) is 34.9 Å². The molecule has 2 aromatic rings. The van der Waals surface area contributed by atoms with Gasteiger partial charge in [0.15, 0.2) is 0 Å². The van der Waals surface area contributed by atoms with E-state index < -0.39 is 0 Å². The second-order valence-corrected chi connectivity index (χ2v) is 5.34. The Bertz CT molecular complexity index is 600. The SMILES string of the molecule is CC(=O)OCC1CCc2cc3ccccc3n2CC1.